The highest BCUT2D eigenvalue weighted by Gasteiger charge is 2.32. The second-order valence-electron chi connectivity index (χ2n) is 6.12. The molecular formula is C18H16FN3O4S. The molecule has 140 valence electrons. The number of sulfone groups is 1. The normalized spacial score (nSPS) is 17.9. The van der Waals surface area contributed by atoms with Crippen LogP contribution in [0.5, 0.6) is 5.88 Å². The minimum Gasteiger partial charge on any atom is -0.493 e. The van der Waals surface area contributed by atoms with Gasteiger partial charge in [-0.25, -0.2) is 22.8 Å². The van der Waals surface area contributed by atoms with E-state index in [1.165, 1.54) is 30.3 Å². The van der Waals surface area contributed by atoms with E-state index >= 15 is 0 Å². The van der Waals surface area contributed by atoms with Crippen molar-refractivity contribution in [3.05, 3.63) is 48.5 Å². The van der Waals surface area contributed by atoms with Gasteiger partial charge in [-0.1, -0.05) is 12.1 Å². The molecule has 4 rings (SSSR count). The molecule has 2 aromatic carbocycles. The Morgan fingerprint density at radius 1 is 1.15 bits per heavy atom. The molecule has 0 aliphatic carbocycles. The molecule has 1 aliphatic heterocycles. The van der Waals surface area contributed by atoms with Crippen LogP contribution in [0.1, 0.15) is 0 Å². The largest absolute Gasteiger partial charge is 0.493 e. The van der Waals surface area contributed by atoms with Gasteiger partial charge in [-0.2, -0.15) is 0 Å². The number of hydrogen-bond acceptors (Lipinski definition) is 7. The SMILES string of the molecule is O=S(=O)(c1cc(-c2ccc(F)cc2)cc2c(O)ncnc12)C1CNCCO1. The average Bonchev–Trinajstić information content (AvgIpc) is 2.69. The average molecular weight is 389 g/mol. The van der Waals surface area contributed by atoms with Gasteiger partial charge in [0.15, 0.2) is 5.44 Å². The van der Waals surface area contributed by atoms with Gasteiger partial charge in [0.1, 0.15) is 12.1 Å². The van der Waals surface area contributed by atoms with Crippen LogP contribution in [0.15, 0.2) is 47.6 Å². The van der Waals surface area contributed by atoms with Crippen LogP contribution in [-0.4, -0.2) is 48.6 Å². The molecule has 0 spiro atoms. The number of morpholine rings is 1. The van der Waals surface area contributed by atoms with Crippen LogP contribution in [0.3, 0.4) is 0 Å². The first-order valence-corrected chi connectivity index (χ1v) is 9.81. The van der Waals surface area contributed by atoms with Gasteiger partial charge in [-0.3, -0.25) is 0 Å². The Morgan fingerprint density at radius 3 is 2.63 bits per heavy atom. The summed E-state index contributed by atoms with van der Waals surface area (Å²) in [6.07, 6.45) is 1.11. The third-order valence-electron chi connectivity index (χ3n) is 4.41. The summed E-state index contributed by atoms with van der Waals surface area (Å²) in [5.74, 6) is -0.733. The standard InChI is InChI=1S/C18H16FN3O4S/c19-13-3-1-11(2-4-13)12-7-14-17(21-10-22-18(14)23)15(8-12)27(24,25)16-9-20-5-6-26-16/h1-4,7-8,10,16,20H,5-6,9H2,(H,21,22,23). The van der Waals surface area contributed by atoms with Crippen LogP contribution in [-0.2, 0) is 14.6 Å². The monoisotopic (exact) mass is 389 g/mol. The van der Waals surface area contributed by atoms with Gasteiger partial charge in [0, 0.05) is 13.1 Å². The Hall–Kier alpha value is -2.62. The lowest BCUT2D eigenvalue weighted by molar-refractivity contribution is 0.0785. The van der Waals surface area contributed by atoms with E-state index in [0.29, 0.717) is 17.7 Å². The number of nitrogens with zero attached hydrogens (tertiary/aromatic N) is 2. The van der Waals surface area contributed by atoms with E-state index in [9.17, 15) is 17.9 Å². The molecular weight excluding hydrogens is 373 g/mol. The van der Waals surface area contributed by atoms with Gasteiger partial charge in [0.25, 0.3) is 0 Å². The molecule has 9 heteroatoms. The molecule has 0 radical (unpaired) electrons. The van der Waals surface area contributed by atoms with Crippen LogP contribution >= 0.6 is 0 Å². The molecule has 1 unspecified atom stereocenters. The highest BCUT2D eigenvalue weighted by molar-refractivity contribution is 7.92. The summed E-state index contributed by atoms with van der Waals surface area (Å²) in [5, 5.41) is 13.3. The molecule has 2 N–H and O–H groups in total. The number of nitrogens with one attached hydrogen (secondary N) is 1. The topological polar surface area (TPSA) is 101 Å². The van der Waals surface area contributed by atoms with Gasteiger partial charge in [-0.05, 0) is 35.4 Å². The quantitative estimate of drug-likeness (QED) is 0.705. The van der Waals surface area contributed by atoms with Crippen LogP contribution in [0.25, 0.3) is 22.0 Å². The summed E-state index contributed by atoms with van der Waals surface area (Å²) in [5.41, 5.74) is 0.146. The van der Waals surface area contributed by atoms with E-state index < -0.39 is 21.1 Å². The van der Waals surface area contributed by atoms with Gasteiger partial charge in [-0.15, -0.1) is 0 Å². The molecule has 0 amide bonds. The number of hydrogen-bond donors (Lipinski definition) is 2. The summed E-state index contributed by atoms with van der Waals surface area (Å²) in [7, 11) is -3.90. The highest BCUT2D eigenvalue weighted by atomic mass is 32.2. The van der Waals surface area contributed by atoms with Crippen molar-refractivity contribution in [1.29, 1.82) is 0 Å². The van der Waals surface area contributed by atoms with E-state index in [1.54, 1.807) is 6.07 Å². The molecule has 7 nitrogen and oxygen atoms in total. The Balaban J connectivity index is 1.95. The van der Waals surface area contributed by atoms with E-state index in [0.717, 1.165) is 6.33 Å². The van der Waals surface area contributed by atoms with Crippen molar-refractivity contribution in [3.8, 4) is 17.0 Å². The summed E-state index contributed by atoms with van der Waals surface area (Å²) in [6.45, 7) is 1.01. The molecule has 0 saturated carbocycles. The van der Waals surface area contributed by atoms with Crippen molar-refractivity contribution in [2.45, 2.75) is 10.3 Å². The molecule has 3 aromatic rings. The third-order valence-corrected chi connectivity index (χ3v) is 6.33. The van der Waals surface area contributed by atoms with E-state index in [4.69, 9.17) is 4.74 Å². The van der Waals surface area contributed by atoms with E-state index in [-0.39, 0.29) is 34.8 Å². The Bertz CT molecular complexity index is 1100. The lowest BCUT2D eigenvalue weighted by atomic mass is 10.0. The molecule has 1 atom stereocenters. The number of rotatable bonds is 3. The fraction of sp³-hybridized carbons (Fsp3) is 0.222. The first kappa shape index (κ1) is 17.8. The van der Waals surface area contributed by atoms with Crippen molar-refractivity contribution in [1.82, 2.24) is 15.3 Å². The molecule has 1 aromatic heterocycles. The zero-order valence-corrected chi connectivity index (χ0v) is 14.9. The predicted molar refractivity (Wildman–Crippen MR) is 96.4 cm³/mol. The van der Waals surface area contributed by atoms with Crippen molar-refractivity contribution < 1.29 is 22.7 Å². The number of benzene rings is 2. The van der Waals surface area contributed by atoms with Crippen molar-refractivity contribution >= 4 is 20.7 Å². The lowest BCUT2D eigenvalue weighted by Gasteiger charge is -2.24. The van der Waals surface area contributed by atoms with Crippen molar-refractivity contribution in [2.75, 3.05) is 19.7 Å². The summed E-state index contributed by atoms with van der Waals surface area (Å²) < 4.78 is 45.0. The van der Waals surface area contributed by atoms with Crippen LogP contribution < -0.4 is 5.32 Å². The smallest absolute Gasteiger partial charge is 0.222 e. The molecule has 2 heterocycles. The van der Waals surface area contributed by atoms with Crippen LogP contribution in [0, 0.1) is 5.82 Å². The molecule has 27 heavy (non-hydrogen) atoms. The Kier molecular flexibility index (Phi) is 4.50. The summed E-state index contributed by atoms with van der Waals surface area (Å²) in [4.78, 5) is 7.74. The second kappa shape index (κ2) is 6.84. The van der Waals surface area contributed by atoms with E-state index in [1.807, 2.05) is 0 Å². The molecule has 1 aliphatic rings. The molecule has 0 bridgehead atoms. The maximum absolute atomic E-state index is 13.3. The van der Waals surface area contributed by atoms with Gasteiger partial charge >= 0.3 is 0 Å². The second-order valence-corrected chi connectivity index (χ2v) is 8.18. The first-order valence-electron chi connectivity index (χ1n) is 8.27. The van der Waals surface area contributed by atoms with Crippen molar-refractivity contribution in [3.63, 3.8) is 0 Å². The number of fused-ring (bicyclic) bond motifs is 1. The van der Waals surface area contributed by atoms with E-state index in [2.05, 4.69) is 15.3 Å². The Morgan fingerprint density at radius 2 is 1.93 bits per heavy atom. The van der Waals surface area contributed by atoms with Crippen molar-refractivity contribution in [2.24, 2.45) is 0 Å². The zero-order valence-electron chi connectivity index (χ0n) is 14.1. The molecule has 1 fully saturated rings. The first-order chi connectivity index (χ1) is 13.0. The fourth-order valence-corrected chi connectivity index (χ4v) is 4.65. The van der Waals surface area contributed by atoms with Gasteiger partial charge in [0.05, 0.1) is 22.4 Å². The minimum atomic E-state index is -3.90. The zero-order chi connectivity index (χ0) is 19.0. The predicted octanol–water partition coefficient (Wildman–Crippen LogP) is 1.86. The van der Waals surface area contributed by atoms with Gasteiger partial charge in [0.2, 0.25) is 15.7 Å². The summed E-state index contributed by atoms with van der Waals surface area (Å²) in [6, 6.07) is 8.68. The van der Waals surface area contributed by atoms with Crippen LogP contribution in [0.2, 0.25) is 0 Å². The van der Waals surface area contributed by atoms with Gasteiger partial charge < -0.3 is 15.2 Å². The number of ether oxygens (including phenoxy) is 1. The maximum Gasteiger partial charge on any atom is 0.222 e. The lowest BCUT2D eigenvalue weighted by Crippen LogP contribution is -2.43. The highest BCUT2D eigenvalue weighted by Crippen LogP contribution is 2.34. The molecule has 1 saturated heterocycles. The minimum absolute atomic E-state index is 0.0641. The Labute approximate surface area is 154 Å². The maximum atomic E-state index is 13.3. The number of halogens is 1. The number of aromatic nitrogens is 2. The number of aromatic hydroxyl groups is 1. The third kappa shape index (κ3) is 3.25. The van der Waals surface area contributed by atoms with Crippen LogP contribution in [0.4, 0.5) is 4.39 Å². The summed E-state index contributed by atoms with van der Waals surface area (Å²) >= 11 is 0. The fourth-order valence-electron chi connectivity index (χ4n) is 3.03.